The Hall–Kier alpha value is -2.74. The van der Waals surface area contributed by atoms with Gasteiger partial charge in [-0.05, 0) is 67.4 Å². The van der Waals surface area contributed by atoms with E-state index in [1.54, 1.807) is 38.3 Å². The quantitative estimate of drug-likeness (QED) is 0.118. The maximum absolute atomic E-state index is 13.4. The van der Waals surface area contributed by atoms with Gasteiger partial charge in [0.25, 0.3) is 0 Å². The number of methoxy groups -OCH3 is 1. The molecule has 0 saturated carbocycles. The zero-order valence-electron chi connectivity index (χ0n) is 24.4. The van der Waals surface area contributed by atoms with E-state index in [-0.39, 0.29) is 10.8 Å². The monoisotopic (exact) mass is 540 g/mol. The summed E-state index contributed by atoms with van der Waals surface area (Å²) in [4.78, 5) is 26.0. The molecule has 7 heteroatoms. The van der Waals surface area contributed by atoms with Crippen LogP contribution >= 0.6 is 0 Å². The largest absolute Gasteiger partial charge is 0.497 e. The third kappa shape index (κ3) is 8.93. The van der Waals surface area contributed by atoms with Crippen molar-refractivity contribution in [1.29, 1.82) is 0 Å². The van der Waals surface area contributed by atoms with E-state index in [0.29, 0.717) is 18.8 Å². The van der Waals surface area contributed by atoms with E-state index in [0.717, 1.165) is 16.9 Å². The fraction of sp³-hybridized carbons (Fsp3) is 0.484. The van der Waals surface area contributed by atoms with Crippen molar-refractivity contribution in [3.8, 4) is 5.75 Å². The van der Waals surface area contributed by atoms with Gasteiger partial charge in [-0.3, -0.25) is 4.79 Å². The number of carbonyl (C=O) groups excluding carboxylic acids is 2. The minimum atomic E-state index is -2.22. The molecule has 2 rings (SSSR count). The van der Waals surface area contributed by atoms with Crippen molar-refractivity contribution < 1.29 is 28.2 Å². The van der Waals surface area contributed by atoms with E-state index >= 15 is 0 Å². The highest BCUT2D eigenvalue weighted by Gasteiger charge is 2.42. The predicted molar refractivity (Wildman–Crippen MR) is 154 cm³/mol. The molecular weight excluding hydrogens is 496 g/mol. The van der Waals surface area contributed by atoms with Gasteiger partial charge < -0.3 is 18.6 Å². The molecule has 0 bridgehead atoms. The molecule has 0 fully saturated rings. The lowest BCUT2D eigenvalue weighted by molar-refractivity contribution is -0.132. The second-order valence-corrected chi connectivity index (χ2v) is 16.0. The first-order chi connectivity index (χ1) is 17.8. The average Bonchev–Trinajstić information content (AvgIpc) is 2.88. The zero-order chi connectivity index (χ0) is 28.5. The van der Waals surface area contributed by atoms with E-state index in [2.05, 4.69) is 33.9 Å². The fourth-order valence-electron chi connectivity index (χ4n) is 3.67. The van der Waals surface area contributed by atoms with Crippen LogP contribution in [0.15, 0.2) is 66.2 Å². The highest BCUT2D eigenvalue weighted by molar-refractivity contribution is 6.74. The SMILES string of the molecule is COc1ccc(COC/C=C(\C)[C@H](O[Si](C)(C)C(C)(C)C)[C@@H](C)C(=O)[C@H](C)OC(=O)c2ccccc2)cc1. The van der Waals surface area contributed by atoms with Crippen LogP contribution in [0.1, 0.15) is 57.5 Å². The lowest BCUT2D eigenvalue weighted by atomic mass is 9.92. The van der Waals surface area contributed by atoms with Crippen LogP contribution in [0.2, 0.25) is 18.1 Å². The summed E-state index contributed by atoms with van der Waals surface area (Å²) in [6.45, 7) is 17.1. The Morgan fingerprint density at radius 3 is 2.13 bits per heavy atom. The fourth-order valence-corrected chi connectivity index (χ4v) is 5.05. The molecule has 0 unspecified atom stereocenters. The van der Waals surface area contributed by atoms with Crippen molar-refractivity contribution in [2.45, 2.75) is 78.5 Å². The first-order valence-corrected chi connectivity index (χ1v) is 16.0. The molecule has 3 atom stereocenters. The molecule has 0 heterocycles. The average molecular weight is 541 g/mol. The van der Waals surface area contributed by atoms with Crippen molar-refractivity contribution in [2.24, 2.45) is 5.92 Å². The Morgan fingerprint density at radius 1 is 0.974 bits per heavy atom. The van der Waals surface area contributed by atoms with Crippen LogP contribution in [0.3, 0.4) is 0 Å². The number of ketones is 1. The van der Waals surface area contributed by atoms with E-state index in [1.807, 2.05) is 50.3 Å². The molecule has 0 N–H and O–H groups in total. The maximum atomic E-state index is 13.4. The van der Waals surface area contributed by atoms with Crippen LogP contribution in [0.4, 0.5) is 0 Å². The summed E-state index contributed by atoms with van der Waals surface area (Å²) in [6, 6.07) is 16.4. The Bertz CT molecular complexity index is 1070. The minimum absolute atomic E-state index is 0.0371. The molecule has 0 amide bonds. The molecule has 0 saturated heterocycles. The molecule has 0 aliphatic carbocycles. The van der Waals surface area contributed by atoms with Crippen molar-refractivity contribution >= 4 is 20.1 Å². The Labute approximate surface area is 229 Å². The molecule has 2 aromatic carbocycles. The molecule has 0 radical (unpaired) electrons. The number of rotatable bonds is 13. The van der Waals surface area contributed by atoms with Crippen molar-refractivity contribution in [2.75, 3.05) is 13.7 Å². The van der Waals surface area contributed by atoms with Gasteiger partial charge in [0, 0.05) is 5.92 Å². The number of benzene rings is 2. The standard InChI is InChI=1S/C31H44O6Si/c1-22(19-20-35-21-25-15-17-27(34-7)18-16-25)29(37-38(8,9)31(4,5)6)23(2)28(32)24(3)36-30(33)26-13-11-10-12-14-26/h10-19,23-24,29H,20-21H2,1-9H3/b22-19+/t23-,24-,29-/m0/s1. The Kier molecular flexibility index (Phi) is 11.5. The first-order valence-electron chi connectivity index (χ1n) is 13.1. The first kappa shape index (κ1) is 31.5. The summed E-state index contributed by atoms with van der Waals surface area (Å²) >= 11 is 0. The van der Waals surface area contributed by atoms with E-state index < -0.39 is 32.4 Å². The van der Waals surface area contributed by atoms with Crippen LogP contribution in [-0.2, 0) is 25.3 Å². The number of hydrogen-bond donors (Lipinski definition) is 0. The second-order valence-electron chi connectivity index (χ2n) is 11.2. The summed E-state index contributed by atoms with van der Waals surface area (Å²) in [5.41, 5.74) is 2.38. The maximum Gasteiger partial charge on any atom is 0.338 e. The summed E-state index contributed by atoms with van der Waals surface area (Å²) in [7, 11) is -0.582. The summed E-state index contributed by atoms with van der Waals surface area (Å²) in [5.74, 6) is -0.400. The van der Waals surface area contributed by atoms with Gasteiger partial charge in [0.05, 0.1) is 32.0 Å². The van der Waals surface area contributed by atoms with Crippen LogP contribution in [0.5, 0.6) is 5.75 Å². The van der Waals surface area contributed by atoms with Gasteiger partial charge in [-0.1, -0.05) is 64.1 Å². The summed E-state index contributed by atoms with van der Waals surface area (Å²) < 4.78 is 23.4. The van der Waals surface area contributed by atoms with Gasteiger partial charge >= 0.3 is 5.97 Å². The van der Waals surface area contributed by atoms with Crippen molar-refractivity contribution in [3.63, 3.8) is 0 Å². The van der Waals surface area contributed by atoms with Crippen LogP contribution in [-0.4, -0.2) is 46.0 Å². The van der Waals surface area contributed by atoms with Crippen LogP contribution < -0.4 is 4.74 Å². The molecule has 0 aliphatic rings. The number of carbonyl (C=O) groups is 2. The number of hydrogen-bond acceptors (Lipinski definition) is 6. The molecule has 0 aromatic heterocycles. The molecule has 0 spiro atoms. The lowest BCUT2D eigenvalue weighted by Crippen LogP contribution is -2.48. The van der Waals surface area contributed by atoms with Gasteiger partial charge in [-0.15, -0.1) is 0 Å². The number of esters is 1. The third-order valence-corrected chi connectivity index (χ3v) is 11.7. The molecule has 0 aliphatic heterocycles. The van der Waals surface area contributed by atoms with Gasteiger partial charge in [0.2, 0.25) is 0 Å². The van der Waals surface area contributed by atoms with Gasteiger partial charge in [0.1, 0.15) is 5.75 Å². The highest BCUT2D eigenvalue weighted by atomic mass is 28.4. The Balaban J connectivity index is 2.14. The molecule has 208 valence electrons. The second kappa shape index (κ2) is 13.9. The van der Waals surface area contributed by atoms with Gasteiger partial charge in [-0.2, -0.15) is 0 Å². The molecular formula is C31H44O6Si. The molecule has 2 aromatic rings. The normalized spacial score (nSPS) is 14.9. The zero-order valence-corrected chi connectivity index (χ0v) is 25.4. The smallest absolute Gasteiger partial charge is 0.338 e. The van der Waals surface area contributed by atoms with E-state index in [9.17, 15) is 9.59 Å². The molecule has 6 nitrogen and oxygen atoms in total. The summed E-state index contributed by atoms with van der Waals surface area (Å²) in [6.07, 6.45) is 0.624. The lowest BCUT2D eigenvalue weighted by Gasteiger charge is -2.41. The predicted octanol–water partition coefficient (Wildman–Crippen LogP) is 7.00. The molecule has 38 heavy (non-hydrogen) atoms. The topological polar surface area (TPSA) is 71.1 Å². The number of ether oxygens (including phenoxy) is 3. The Morgan fingerprint density at radius 2 is 1.58 bits per heavy atom. The van der Waals surface area contributed by atoms with E-state index in [1.165, 1.54) is 0 Å². The summed E-state index contributed by atoms with van der Waals surface area (Å²) in [5, 5.41) is -0.0371. The third-order valence-electron chi connectivity index (χ3n) is 7.22. The van der Waals surface area contributed by atoms with Gasteiger partial charge in [0.15, 0.2) is 20.2 Å². The minimum Gasteiger partial charge on any atom is -0.497 e. The number of Topliss-reactive ketones (excluding diaryl/α,β-unsaturated/α-hetero) is 1. The van der Waals surface area contributed by atoms with Gasteiger partial charge in [-0.25, -0.2) is 4.79 Å². The highest BCUT2D eigenvalue weighted by Crippen LogP contribution is 2.39. The van der Waals surface area contributed by atoms with Crippen LogP contribution in [0, 0.1) is 5.92 Å². The van der Waals surface area contributed by atoms with E-state index in [4.69, 9.17) is 18.6 Å². The van der Waals surface area contributed by atoms with Crippen LogP contribution in [0.25, 0.3) is 0 Å². The van der Waals surface area contributed by atoms with Crippen molar-refractivity contribution in [3.05, 3.63) is 77.4 Å². The van der Waals surface area contributed by atoms with Crippen molar-refractivity contribution in [1.82, 2.24) is 0 Å².